The van der Waals surface area contributed by atoms with Crippen molar-refractivity contribution in [3.63, 3.8) is 0 Å². The molecule has 0 aliphatic carbocycles. The Balaban J connectivity index is 0.00000127. The van der Waals surface area contributed by atoms with Crippen molar-refractivity contribution in [1.82, 2.24) is 14.9 Å². The maximum atomic E-state index is 12.6. The molecule has 1 unspecified atom stereocenters. The maximum Gasteiger partial charge on any atom is 0.261 e. The van der Waals surface area contributed by atoms with Crippen LogP contribution in [0.2, 0.25) is 0 Å². The average molecular weight is 319 g/mol. The van der Waals surface area contributed by atoms with Gasteiger partial charge in [-0.1, -0.05) is 32.4 Å². The summed E-state index contributed by atoms with van der Waals surface area (Å²) in [6.45, 7) is 9.67. The van der Waals surface area contributed by atoms with Crippen LogP contribution < -0.4 is 21.4 Å². The smallest absolute Gasteiger partial charge is 0.261 e. The van der Waals surface area contributed by atoms with Crippen molar-refractivity contribution in [2.24, 2.45) is 0 Å². The van der Waals surface area contributed by atoms with Gasteiger partial charge in [0.15, 0.2) is 0 Å². The first-order valence-corrected chi connectivity index (χ1v) is 8.04. The van der Waals surface area contributed by atoms with E-state index in [1.54, 1.807) is 0 Å². The van der Waals surface area contributed by atoms with E-state index in [-0.39, 0.29) is 17.9 Å². The third-order valence-corrected chi connectivity index (χ3v) is 3.47. The Hall–Kier alpha value is -2.24. The molecule has 2 amide bonds. The summed E-state index contributed by atoms with van der Waals surface area (Å²) in [7, 11) is 0. The van der Waals surface area contributed by atoms with Crippen molar-refractivity contribution in [2.75, 3.05) is 0 Å². The average Bonchev–Trinajstić information content (AvgIpc) is 2.50. The van der Waals surface area contributed by atoms with Gasteiger partial charge in [0, 0.05) is 6.42 Å². The van der Waals surface area contributed by atoms with Gasteiger partial charge in [-0.15, -0.1) is 0 Å². The molecule has 0 bridgehead atoms. The van der Waals surface area contributed by atoms with E-state index in [9.17, 15) is 14.4 Å². The first-order valence-electron chi connectivity index (χ1n) is 8.04. The number of carbonyl (C=O) groups is 2. The number of aromatic nitrogens is 2. The van der Waals surface area contributed by atoms with Gasteiger partial charge in [-0.2, -0.15) is 0 Å². The molecule has 126 valence electrons. The normalized spacial score (nSPS) is 18.1. The van der Waals surface area contributed by atoms with Crippen molar-refractivity contribution in [1.29, 1.82) is 0 Å². The molecule has 6 heteroatoms. The highest BCUT2D eigenvalue weighted by atomic mass is 16.2. The lowest BCUT2D eigenvalue weighted by Gasteiger charge is -2.22. The number of amides is 2. The Morgan fingerprint density at radius 3 is 2.52 bits per heavy atom. The molecule has 1 N–H and O–H groups in total. The van der Waals surface area contributed by atoms with Crippen LogP contribution in [0.5, 0.6) is 0 Å². The summed E-state index contributed by atoms with van der Waals surface area (Å²) in [5.41, 5.74) is 0.619. The lowest BCUT2D eigenvalue weighted by Crippen LogP contribution is -2.52. The molecule has 0 saturated carbocycles. The number of hydrogen-bond donors (Lipinski definition) is 1. The van der Waals surface area contributed by atoms with Crippen LogP contribution in [0.1, 0.15) is 59.9 Å². The molecule has 0 spiro atoms. The minimum absolute atomic E-state index is 0.232. The fourth-order valence-corrected chi connectivity index (χ4v) is 2.47. The summed E-state index contributed by atoms with van der Waals surface area (Å²) in [6, 6.07) is -0.670. The zero-order valence-corrected chi connectivity index (χ0v) is 14.5. The number of rotatable bonds is 2. The molecular formula is C17H25N3O3. The quantitative estimate of drug-likeness (QED) is 0.811. The van der Waals surface area contributed by atoms with Crippen LogP contribution in [0.3, 0.4) is 0 Å². The molecule has 1 atom stereocenters. The summed E-state index contributed by atoms with van der Waals surface area (Å²) in [4.78, 5) is 40.1. The highest BCUT2D eigenvalue weighted by Crippen LogP contribution is 2.15. The molecule has 6 nitrogen and oxygen atoms in total. The molecule has 0 aromatic carbocycles. The van der Waals surface area contributed by atoms with E-state index in [1.165, 1.54) is 10.9 Å². The SMILES string of the molecule is CC.CC/C=c1/ncn(C2CCC(=O)NC2=O)c(=O)c1=C(C)C. The fraction of sp³-hybridized carbons (Fsp3) is 0.529. The molecule has 23 heavy (non-hydrogen) atoms. The largest absolute Gasteiger partial charge is 0.295 e. The Morgan fingerprint density at radius 2 is 2.00 bits per heavy atom. The number of hydrogen-bond acceptors (Lipinski definition) is 4. The van der Waals surface area contributed by atoms with Crippen LogP contribution in [0, 0.1) is 0 Å². The standard InChI is InChI=1S/C15H19N3O3.C2H6/c1-4-5-10-13(9(2)3)15(21)18(8-16-10)11-6-7-12(19)17-14(11)20;1-2/h5,8,11H,4,6-7H2,1-3H3,(H,17,19,20);1-2H3/b10-5+;. The van der Waals surface area contributed by atoms with Crippen LogP contribution in [-0.4, -0.2) is 21.4 Å². The van der Waals surface area contributed by atoms with Crippen molar-refractivity contribution < 1.29 is 9.59 Å². The van der Waals surface area contributed by atoms with E-state index in [2.05, 4.69) is 10.3 Å². The van der Waals surface area contributed by atoms with Gasteiger partial charge in [0.1, 0.15) is 6.04 Å². The third kappa shape index (κ3) is 4.15. The molecule has 1 aromatic rings. The van der Waals surface area contributed by atoms with E-state index in [0.29, 0.717) is 17.0 Å². The molecule has 0 radical (unpaired) electrons. The van der Waals surface area contributed by atoms with Gasteiger partial charge in [-0.25, -0.2) is 4.98 Å². The number of piperidine rings is 1. The van der Waals surface area contributed by atoms with Crippen molar-refractivity contribution >= 4 is 23.5 Å². The second kappa shape index (κ2) is 8.41. The minimum Gasteiger partial charge on any atom is -0.295 e. The van der Waals surface area contributed by atoms with Crippen molar-refractivity contribution in [3.05, 3.63) is 27.2 Å². The second-order valence-corrected chi connectivity index (χ2v) is 5.30. The van der Waals surface area contributed by atoms with Gasteiger partial charge in [-0.05, 0) is 26.7 Å². The van der Waals surface area contributed by atoms with Crippen LogP contribution in [-0.2, 0) is 9.59 Å². The summed E-state index contributed by atoms with van der Waals surface area (Å²) >= 11 is 0. The summed E-state index contributed by atoms with van der Waals surface area (Å²) in [5, 5.41) is 3.44. The number of imide groups is 1. The molecule has 2 rings (SSSR count). The zero-order valence-electron chi connectivity index (χ0n) is 14.5. The van der Waals surface area contributed by atoms with Crippen molar-refractivity contribution in [2.45, 2.75) is 59.9 Å². The van der Waals surface area contributed by atoms with E-state index < -0.39 is 11.9 Å². The molecule has 1 aliphatic heterocycles. The Labute approximate surface area is 135 Å². The highest BCUT2D eigenvalue weighted by molar-refractivity contribution is 5.99. The van der Waals surface area contributed by atoms with E-state index >= 15 is 0 Å². The van der Waals surface area contributed by atoms with Crippen LogP contribution >= 0.6 is 0 Å². The molecule has 1 fully saturated rings. The van der Waals surface area contributed by atoms with Gasteiger partial charge >= 0.3 is 0 Å². The Kier molecular flexibility index (Phi) is 6.88. The van der Waals surface area contributed by atoms with Gasteiger partial charge < -0.3 is 0 Å². The number of carbonyl (C=O) groups excluding carboxylic acids is 2. The second-order valence-electron chi connectivity index (χ2n) is 5.30. The van der Waals surface area contributed by atoms with E-state index in [0.717, 1.165) is 12.0 Å². The molecule has 1 saturated heterocycles. The van der Waals surface area contributed by atoms with Gasteiger partial charge in [0.05, 0.1) is 16.9 Å². The predicted molar refractivity (Wildman–Crippen MR) is 90.0 cm³/mol. The zero-order chi connectivity index (χ0) is 17.6. The molecule has 2 heterocycles. The lowest BCUT2D eigenvalue weighted by atomic mass is 10.1. The molecule has 1 aliphatic rings. The van der Waals surface area contributed by atoms with Gasteiger partial charge in [-0.3, -0.25) is 24.3 Å². The highest BCUT2D eigenvalue weighted by Gasteiger charge is 2.28. The Bertz CT molecular complexity index is 758. The first kappa shape index (κ1) is 18.8. The monoisotopic (exact) mass is 319 g/mol. The van der Waals surface area contributed by atoms with E-state index in [4.69, 9.17) is 0 Å². The summed E-state index contributed by atoms with van der Waals surface area (Å²) < 4.78 is 1.33. The summed E-state index contributed by atoms with van der Waals surface area (Å²) in [6.07, 6.45) is 4.62. The Morgan fingerprint density at radius 1 is 1.35 bits per heavy atom. The third-order valence-electron chi connectivity index (χ3n) is 3.47. The molecule has 1 aromatic heterocycles. The first-order chi connectivity index (χ1) is 11.0. The summed E-state index contributed by atoms with van der Waals surface area (Å²) in [5.74, 6) is -0.742. The maximum absolute atomic E-state index is 12.6. The van der Waals surface area contributed by atoms with Crippen LogP contribution in [0.25, 0.3) is 11.6 Å². The van der Waals surface area contributed by atoms with Crippen LogP contribution in [0.4, 0.5) is 0 Å². The predicted octanol–water partition coefficient (Wildman–Crippen LogP) is 0.628. The number of nitrogens with one attached hydrogen (secondary N) is 1. The number of nitrogens with zero attached hydrogens (tertiary/aromatic N) is 2. The fourth-order valence-electron chi connectivity index (χ4n) is 2.47. The topological polar surface area (TPSA) is 81.1 Å². The van der Waals surface area contributed by atoms with Gasteiger partial charge in [0.25, 0.3) is 5.56 Å². The van der Waals surface area contributed by atoms with Crippen LogP contribution in [0.15, 0.2) is 11.1 Å². The molecular weight excluding hydrogens is 294 g/mol. The minimum atomic E-state index is -0.670. The van der Waals surface area contributed by atoms with E-state index in [1.807, 2.05) is 40.7 Å². The lowest BCUT2D eigenvalue weighted by molar-refractivity contribution is -0.135. The van der Waals surface area contributed by atoms with Gasteiger partial charge in [0.2, 0.25) is 11.8 Å². The van der Waals surface area contributed by atoms with Crippen molar-refractivity contribution in [3.8, 4) is 0 Å².